The van der Waals surface area contributed by atoms with Crippen LogP contribution in [0.15, 0.2) is 46.1 Å². The van der Waals surface area contributed by atoms with E-state index in [1.54, 1.807) is 22.0 Å². The van der Waals surface area contributed by atoms with E-state index >= 15 is 0 Å². The summed E-state index contributed by atoms with van der Waals surface area (Å²) in [5.41, 5.74) is 1.94. The molecule has 0 unspecified atom stereocenters. The summed E-state index contributed by atoms with van der Waals surface area (Å²) >= 11 is 1.53. The van der Waals surface area contributed by atoms with Crippen molar-refractivity contribution in [1.29, 1.82) is 0 Å². The van der Waals surface area contributed by atoms with Crippen LogP contribution < -0.4 is 0 Å². The number of benzene rings is 1. The molecule has 1 atom stereocenters. The molecule has 1 aliphatic rings. The molecule has 3 heterocycles. The molecule has 1 amide bonds. The Morgan fingerprint density at radius 3 is 2.89 bits per heavy atom. The minimum atomic E-state index is -0.353. The van der Waals surface area contributed by atoms with Gasteiger partial charge in [0.1, 0.15) is 6.04 Å². The molecule has 0 bridgehead atoms. The molecule has 1 aromatic carbocycles. The van der Waals surface area contributed by atoms with Crippen LogP contribution in [-0.2, 0) is 16.6 Å². The van der Waals surface area contributed by atoms with Gasteiger partial charge in [-0.15, -0.1) is 11.8 Å². The van der Waals surface area contributed by atoms with E-state index in [0.29, 0.717) is 37.2 Å². The molecule has 0 spiro atoms. The number of amides is 1. The van der Waals surface area contributed by atoms with Gasteiger partial charge >= 0.3 is 0 Å². The molecule has 1 saturated heterocycles. The lowest BCUT2D eigenvalue weighted by Gasteiger charge is -2.33. The van der Waals surface area contributed by atoms with Crippen LogP contribution in [0.2, 0.25) is 0 Å². The highest BCUT2D eigenvalue weighted by Gasteiger charge is 2.32. The normalized spacial score (nSPS) is 17.1. The van der Waals surface area contributed by atoms with Gasteiger partial charge in [0.05, 0.1) is 30.7 Å². The van der Waals surface area contributed by atoms with Crippen molar-refractivity contribution in [2.75, 3.05) is 25.5 Å². The second-order valence-corrected chi connectivity index (χ2v) is 7.69. The maximum atomic E-state index is 12.9. The number of thioether (sulfide) groups is 1. The number of hydrogen-bond donors (Lipinski definition) is 0. The first-order chi connectivity index (χ1) is 13.6. The predicted molar refractivity (Wildman–Crippen MR) is 104 cm³/mol. The van der Waals surface area contributed by atoms with Gasteiger partial charge in [-0.1, -0.05) is 22.9 Å². The fourth-order valence-electron chi connectivity index (χ4n) is 3.00. The van der Waals surface area contributed by atoms with Gasteiger partial charge in [0, 0.05) is 24.7 Å². The highest BCUT2D eigenvalue weighted by atomic mass is 32.2. The van der Waals surface area contributed by atoms with Crippen molar-refractivity contribution in [2.24, 2.45) is 7.05 Å². The van der Waals surface area contributed by atoms with Crippen LogP contribution in [0, 0.1) is 6.92 Å². The summed E-state index contributed by atoms with van der Waals surface area (Å²) in [7, 11) is 1.82. The Kier molecular flexibility index (Phi) is 5.45. The van der Waals surface area contributed by atoms with Crippen molar-refractivity contribution in [3.63, 3.8) is 0 Å². The van der Waals surface area contributed by atoms with Gasteiger partial charge in [-0.25, -0.2) is 0 Å². The Morgan fingerprint density at radius 1 is 1.32 bits per heavy atom. The van der Waals surface area contributed by atoms with Crippen molar-refractivity contribution in [1.82, 2.24) is 24.8 Å². The van der Waals surface area contributed by atoms with Crippen molar-refractivity contribution in [3.05, 3.63) is 48.0 Å². The van der Waals surface area contributed by atoms with Crippen LogP contribution >= 0.6 is 11.8 Å². The second-order valence-electron chi connectivity index (χ2n) is 6.64. The maximum absolute atomic E-state index is 12.9. The Balaban J connectivity index is 1.46. The van der Waals surface area contributed by atoms with Crippen LogP contribution in [0.5, 0.6) is 0 Å². The minimum Gasteiger partial charge on any atom is -0.377 e. The third-order valence-corrected chi connectivity index (χ3v) is 5.52. The summed E-state index contributed by atoms with van der Waals surface area (Å²) in [5, 5.41) is 8.20. The first-order valence-corrected chi connectivity index (χ1v) is 9.98. The quantitative estimate of drug-likeness (QED) is 0.609. The Labute approximate surface area is 166 Å². The van der Waals surface area contributed by atoms with Gasteiger partial charge in [-0.2, -0.15) is 10.1 Å². The SMILES string of the molecule is Cc1ccc(SCC(=O)N2CCOC[C@H]2c2noc(-c3cnn(C)c3)n2)cc1. The Morgan fingerprint density at radius 2 is 2.14 bits per heavy atom. The van der Waals surface area contributed by atoms with E-state index in [2.05, 4.69) is 15.2 Å². The summed E-state index contributed by atoms with van der Waals surface area (Å²) in [6.45, 7) is 3.41. The number of nitrogens with zero attached hydrogens (tertiary/aromatic N) is 5. The number of carbonyl (C=O) groups excluding carboxylic acids is 1. The molecule has 0 N–H and O–H groups in total. The molecular formula is C19H21N5O3S. The Hall–Kier alpha value is -2.65. The average Bonchev–Trinajstić information content (AvgIpc) is 3.36. The largest absolute Gasteiger partial charge is 0.377 e. The monoisotopic (exact) mass is 399 g/mol. The third-order valence-electron chi connectivity index (χ3n) is 4.52. The summed E-state index contributed by atoms with van der Waals surface area (Å²) in [4.78, 5) is 20.2. The number of rotatable bonds is 5. The molecule has 0 radical (unpaired) electrons. The van der Waals surface area contributed by atoms with Crippen molar-refractivity contribution < 1.29 is 14.1 Å². The number of ether oxygens (including phenoxy) is 1. The van der Waals surface area contributed by atoms with E-state index in [0.717, 1.165) is 10.5 Å². The second kappa shape index (κ2) is 8.15. The Bertz CT molecular complexity index is 953. The summed E-state index contributed by atoms with van der Waals surface area (Å²) in [5.74, 6) is 1.22. The molecule has 8 nitrogen and oxygen atoms in total. The zero-order chi connectivity index (χ0) is 19.5. The summed E-state index contributed by atoms with van der Waals surface area (Å²) in [6, 6.07) is 7.80. The smallest absolute Gasteiger partial charge is 0.261 e. The fraction of sp³-hybridized carbons (Fsp3) is 0.368. The van der Waals surface area contributed by atoms with E-state index in [-0.39, 0.29) is 11.9 Å². The van der Waals surface area contributed by atoms with Gasteiger partial charge in [-0.05, 0) is 19.1 Å². The van der Waals surface area contributed by atoms with Crippen molar-refractivity contribution >= 4 is 17.7 Å². The maximum Gasteiger partial charge on any atom is 0.261 e. The van der Waals surface area contributed by atoms with Gasteiger partial charge < -0.3 is 14.2 Å². The van der Waals surface area contributed by atoms with E-state index in [4.69, 9.17) is 9.26 Å². The number of carbonyl (C=O) groups is 1. The summed E-state index contributed by atoms with van der Waals surface area (Å²) in [6.07, 6.45) is 3.46. The highest BCUT2D eigenvalue weighted by molar-refractivity contribution is 8.00. The molecule has 0 saturated carbocycles. The van der Waals surface area contributed by atoms with Crippen molar-refractivity contribution in [2.45, 2.75) is 17.9 Å². The van der Waals surface area contributed by atoms with Crippen LogP contribution in [0.1, 0.15) is 17.4 Å². The fourth-order valence-corrected chi connectivity index (χ4v) is 3.78. The third kappa shape index (κ3) is 4.10. The first kappa shape index (κ1) is 18.7. The van der Waals surface area contributed by atoms with Crippen LogP contribution in [0.25, 0.3) is 11.5 Å². The first-order valence-electron chi connectivity index (χ1n) is 8.99. The summed E-state index contributed by atoms with van der Waals surface area (Å²) < 4.78 is 12.6. The minimum absolute atomic E-state index is 0.0339. The molecule has 2 aromatic heterocycles. The zero-order valence-corrected chi connectivity index (χ0v) is 16.6. The zero-order valence-electron chi connectivity index (χ0n) is 15.7. The van der Waals surface area contributed by atoms with Crippen molar-refractivity contribution in [3.8, 4) is 11.5 Å². The molecular weight excluding hydrogens is 378 g/mol. The van der Waals surface area contributed by atoms with Crippen LogP contribution in [-0.4, -0.2) is 56.2 Å². The number of aromatic nitrogens is 4. The van der Waals surface area contributed by atoms with Gasteiger partial charge in [-0.3, -0.25) is 9.48 Å². The number of aryl methyl sites for hydroxylation is 2. The molecule has 0 aliphatic carbocycles. The molecule has 4 rings (SSSR count). The van der Waals surface area contributed by atoms with E-state index < -0.39 is 0 Å². The van der Waals surface area contributed by atoms with E-state index in [9.17, 15) is 4.79 Å². The van der Waals surface area contributed by atoms with E-state index in [1.165, 1.54) is 17.3 Å². The molecule has 1 fully saturated rings. The lowest BCUT2D eigenvalue weighted by molar-refractivity contribution is -0.137. The molecule has 9 heteroatoms. The van der Waals surface area contributed by atoms with Crippen LogP contribution in [0.4, 0.5) is 0 Å². The predicted octanol–water partition coefficient (Wildman–Crippen LogP) is 2.47. The van der Waals surface area contributed by atoms with Gasteiger partial charge in [0.2, 0.25) is 5.91 Å². The highest BCUT2D eigenvalue weighted by Crippen LogP contribution is 2.27. The lowest BCUT2D eigenvalue weighted by Crippen LogP contribution is -2.44. The number of hydrogen-bond acceptors (Lipinski definition) is 7. The molecule has 3 aromatic rings. The van der Waals surface area contributed by atoms with Gasteiger partial charge in [0.15, 0.2) is 5.82 Å². The average molecular weight is 399 g/mol. The van der Waals surface area contributed by atoms with Crippen LogP contribution in [0.3, 0.4) is 0 Å². The molecule has 146 valence electrons. The van der Waals surface area contributed by atoms with E-state index in [1.807, 2.05) is 38.2 Å². The topological polar surface area (TPSA) is 86.3 Å². The lowest BCUT2D eigenvalue weighted by atomic mass is 10.2. The molecule has 28 heavy (non-hydrogen) atoms. The number of morpholine rings is 1. The van der Waals surface area contributed by atoms with Gasteiger partial charge in [0.25, 0.3) is 5.89 Å². The standard InChI is InChI=1S/C19H21N5O3S/c1-13-3-5-15(6-4-13)28-12-17(25)24-7-8-26-11-16(24)18-21-19(27-22-18)14-9-20-23(2)10-14/h3-6,9-10,16H,7-8,11-12H2,1-2H3/t16-/m0/s1. The molecule has 1 aliphatic heterocycles.